The lowest BCUT2D eigenvalue weighted by Gasteiger charge is -2.44. The first-order valence-electron chi connectivity index (χ1n) is 6.93. The van der Waals surface area contributed by atoms with E-state index in [0.29, 0.717) is 6.04 Å². The third-order valence-corrected chi connectivity index (χ3v) is 4.11. The molecule has 1 atom stereocenters. The van der Waals surface area contributed by atoms with E-state index in [1.54, 1.807) is 0 Å². The van der Waals surface area contributed by atoms with E-state index in [0.717, 1.165) is 38.2 Å². The fraction of sp³-hybridized carbons (Fsp3) is 0.867. The van der Waals surface area contributed by atoms with Crippen molar-refractivity contribution in [2.24, 2.45) is 5.92 Å². The number of hydrogen-bond acceptors (Lipinski definition) is 2. The third kappa shape index (κ3) is 3.72. The van der Waals surface area contributed by atoms with Gasteiger partial charge in [0.05, 0.1) is 5.60 Å². The molecular formula is C15H27NO. The van der Waals surface area contributed by atoms with Crippen molar-refractivity contribution in [3.63, 3.8) is 0 Å². The molecule has 0 heterocycles. The van der Waals surface area contributed by atoms with Crippen LogP contribution in [-0.4, -0.2) is 25.3 Å². The van der Waals surface area contributed by atoms with E-state index in [-0.39, 0.29) is 5.60 Å². The van der Waals surface area contributed by atoms with Gasteiger partial charge in [0.1, 0.15) is 0 Å². The summed E-state index contributed by atoms with van der Waals surface area (Å²) in [6, 6.07) is 0.394. The highest BCUT2D eigenvalue weighted by atomic mass is 16.5. The SMILES string of the molecule is C#CCCC(NC)C1(OCC)CCC(C)CC1. The zero-order valence-corrected chi connectivity index (χ0v) is 11.6. The first kappa shape index (κ1) is 14.5. The Morgan fingerprint density at radius 1 is 1.47 bits per heavy atom. The molecule has 0 amide bonds. The summed E-state index contributed by atoms with van der Waals surface area (Å²) in [5.74, 6) is 3.59. The summed E-state index contributed by atoms with van der Waals surface area (Å²) in [4.78, 5) is 0. The molecule has 1 saturated carbocycles. The van der Waals surface area contributed by atoms with Gasteiger partial charge in [-0.05, 0) is 52.0 Å². The van der Waals surface area contributed by atoms with Crippen LogP contribution in [0.2, 0.25) is 0 Å². The molecule has 0 aromatic carbocycles. The summed E-state index contributed by atoms with van der Waals surface area (Å²) >= 11 is 0. The molecule has 1 N–H and O–H groups in total. The smallest absolute Gasteiger partial charge is 0.0835 e. The van der Waals surface area contributed by atoms with Crippen molar-refractivity contribution in [3.05, 3.63) is 0 Å². The molecule has 2 nitrogen and oxygen atoms in total. The average Bonchev–Trinajstić information content (AvgIpc) is 2.34. The predicted molar refractivity (Wildman–Crippen MR) is 72.9 cm³/mol. The quantitative estimate of drug-likeness (QED) is 0.717. The van der Waals surface area contributed by atoms with Crippen molar-refractivity contribution in [1.29, 1.82) is 0 Å². The van der Waals surface area contributed by atoms with Gasteiger partial charge in [-0.3, -0.25) is 0 Å². The lowest BCUT2D eigenvalue weighted by atomic mass is 9.74. The van der Waals surface area contributed by atoms with Gasteiger partial charge in [-0.15, -0.1) is 12.3 Å². The van der Waals surface area contributed by atoms with Crippen LogP contribution in [0.25, 0.3) is 0 Å². The Morgan fingerprint density at radius 3 is 2.59 bits per heavy atom. The Balaban J connectivity index is 2.70. The van der Waals surface area contributed by atoms with Crippen LogP contribution in [0.4, 0.5) is 0 Å². The maximum atomic E-state index is 6.14. The highest BCUT2D eigenvalue weighted by Gasteiger charge is 2.40. The van der Waals surface area contributed by atoms with Crippen LogP contribution in [0, 0.1) is 18.3 Å². The number of terminal acetylenes is 1. The number of rotatable bonds is 6. The molecule has 98 valence electrons. The molecule has 0 aromatic rings. The van der Waals surface area contributed by atoms with Crippen LogP contribution in [0.5, 0.6) is 0 Å². The van der Waals surface area contributed by atoms with Gasteiger partial charge in [-0.25, -0.2) is 0 Å². The maximum Gasteiger partial charge on any atom is 0.0835 e. The third-order valence-electron chi connectivity index (χ3n) is 4.11. The molecule has 17 heavy (non-hydrogen) atoms. The van der Waals surface area contributed by atoms with E-state index in [1.807, 2.05) is 7.05 Å². The van der Waals surface area contributed by atoms with Crippen LogP contribution in [-0.2, 0) is 4.74 Å². The van der Waals surface area contributed by atoms with E-state index < -0.39 is 0 Å². The van der Waals surface area contributed by atoms with Crippen molar-refractivity contribution >= 4 is 0 Å². The monoisotopic (exact) mass is 237 g/mol. The van der Waals surface area contributed by atoms with Gasteiger partial charge in [-0.2, -0.15) is 0 Å². The van der Waals surface area contributed by atoms with Gasteiger partial charge in [0.2, 0.25) is 0 Å². The van der Waals surface area contributed by atoms with Crippen LogP contribution < -0.4 is 5.32 Å². The number of hydrogen-bond donors (Lipinski definition) is 1. The van der Waals surface area contributed by atoms with Gasteiger partial charge in [0, 0.05) is 19.1 Å². The fourth-order valence-corrected chi connectivity index (χ4v) is 3.03. The largest absolute Gasteiger partial charge is 0.374 e. The van der Waals surface area contributed by atoms with Gasteiger partial charge in [-0.1, -0.05) is 6.92 Å². The molecule has 0 aliphatic heterocycles. The predicted octanol–water partition coefficient (Wildman–Crippen LogP) is 2.97. The van der Waals surface area contributed by atoms with E-state index in [1.165, 1.54) is 12.8 Å². The van der Waals surface area contributed by atoms with Crippen molar-refractivity contribution in [2.45, 2.75) is 64.0 Å². The molecular weight excluding hydrogens is 210 g/mol. The first-order chi connectivity index (χ1) is 8.18. The second-order valence-corrected chi connectivity index (χ2v) is 5.26. The molecule has 0 spiro atoms. The zero-order valence-electron chi connectivity index (χ0n) is 11.6. The minimum absolute atomic E-state index is 0.0207. The molecule has 2 heteroatoms. The van der Waals surface area contributed by atoms with Gasteiger partial charge >= 0.3 is 0 Å². The lowest BCUT2D eigenvalue weighted by molar-refractivity contribution is -0.0961. The van der Waals surface area contributed by atoms with E-state index in [4.69, 9.17) is 11.2 Å². The standard InChI is InChI=1S/C15H27NO/c1-5-7-8-14(16-4)15(17-6-2)11-9-13(3)10-12-15/h1,13-14,16H,6-12H2,2-4H3. The van der Waals surface area contributed by atoms with E-state index >= 15 is 0 Å². The van der Waals surface area contributed by atoms with Crippen molar-refractivity contribution in [1.82, 2.24) is 5.32 Å². The molecule has 1 rings (SSSR count). The van der Waals surface area contributed by atoms with E-state index in [2.05, 4.69) is 25.1 Å². The lowest BCUT2D eigenvalue weighted by Crippen LogP contribution is -2.53. The van der Waals surface area contributed by atoms with Crippen LogP contribution in [0.3, 0.4) is 0 Å². The Labute approximate surface area is 107 Å². The Kier molecular flexibility index (Phi) is 6.02. The normalized spacial score (nSPS) is 30.8. The number of likely N-dealkylation sites (N-methyl/N-ethyl adjacent to an activating group) is 1. The molecule has 0 saturated heterocycles. The Morgan fingerprint density at radius 2 is 2.12 bits per heavy atom. The van der Waals surface area contributed by atoms with Crippen LogP contribution >= 0.6 is 0 Å². The molecule has 0 bridgehead atoms. The Bertz CT molecular complexity index is 248. The first-order valence-corrected chi connectivity index (χ1v) is 6.93. The molecule has 1 unspecified atom stereocenters. The van der Waals surface area contributed by atoms with Gasteiger partial charge < -0.3 is 10.1 Å². The van der Waals surface area contributed by atoms with Crippen molar-refractivity contribution < 1.29 is 4.74 Å². The molecule has 0 radical (unpaired) electrons. The Hall–Kier alpha value is -0.520. The summed E-state index contributed by atoms with van der Waals surface area (Å²) in [6.45, 7) is 5.22. The van der Waals surface area contributed by atoms with Crippen molar-refractivity contribution in [3.8, 4) is 12.3 Å². The highest BCUT2D eigenvalue weighted by molar-refractivity contribution is 4.98. The van der Waals surface area contributed by atoms with Crippen LogP contribution in [0.1, 0.15) is 52.4 Å². The summed E-state index contributed by atoms with van der Waals surface area (Å²) in [7, 11) is 2.03. The average molecular weight is 237 g/mol. The molecule has 0 aromatic heterocycles. The summed E-state index contributed by atoms with van der Waals surface area (Å²) in [6.07, 6.45) is 12.1. The van der Waals surface area contributed by atoms with E-state index in [9.17, 15) is 0 Å². The molecule has 1 aliphatic rings. The zero-order chi connectivity index (χ0) is 12.7. The second-order valence-electron chi connectivity index (χ2n) is 5.26. The summed E-state index contributed by atoms with van der Waals surface area (Å²) in [5.41, 5.74) is 0.0207. The molecule has 1 fully saturated rings. The maximum absolute atomic E-state index is 6.14. The van der Waals surface area contributed by atoms with Gasteiger partial charge in [0.25, 0.3) is 0 Å². The number of ether oxygens (including phenoxy) is 1. The summed E-state index contributed by atoms with van der Waals surface area (Å²) < 4.78 is 6.14. The minimum atomic E-state index is 0.0207. The van der Waals surface area contributed by atoms with Crippen molar-refractivity contribution in [2.75, 3.05) is 13.7 Å². The summed E-state index contributed by atoms with van der Waals surface area (Å²) in [5, 5.41) is 3.43. The second kappa shape index (κ2) is 7.03. The highest BCUT2D eigenvalue weighted by Crippen LogP contribution is 2.38. The fourth-order valence-electron chi connectivity index (χ4n) is 3.03. The molecule has 1 aliphatic carbocycles. The topological polar surface area (TPSA) is 21.3 Å². The van der Waals surface area contributed by atoms with Gasteiger partial charge in [0.15, 0.2) is 0 Å². The number of nitrogens with one attached hydrogen (secondary N) is 1. The van der Waals surface area contributed by atoms with Crippen LogP contribution in [0.15, 0.2) is 0 Å². The minimum Gasteiger partial charge on any atom is -0.374 e.